The number of hydrogen-bond donors (Lipinski definition) is 2. The zero-order valence-corrected chi connectivity index (χ0v) is 11.4. The highest BCUT2D eigenvalue weighted by atomic mass is 35.5. The van der Waals surface area contributed by atoms with Crippen LogP contribution in [0.5, 0.6) is 0 Å². The molecule has 0 saturated carbocycles. The Morgan fingerprint density at radius 3 is 2.32 bits per heavy atom. The van der Waals surface area contributed by atoms with Crippen LogP contribution in [0.3, 0.4) is 0 Å². The molecule has 0 radical (unpaired) electrons. The molecule has 0 spiro atoms. The van der Waals surface area contributed by atoms with Crippen LogP contribution in [0.2, 0.25) is 5.02 Å². The van der Waals surface area contributed by atoms with Crippen LogP contribution in [-0.4, -0.2) is 17.0 Å². The molecule has 22 heavy (non-hydrogen) atoms. The van der Waals surface area contributed by atoms with E-state index in [1.807, 2.05) is 0 Å². The summed E-state index contributed by atoms with van der Waals surface area (Å²) in [5.74, 6) is -7.20. The maximum atomic E-state index is 13.5. The summed E-state index contributed by atoms with van der Waals surface area (Å²) in [6, 6.07) is 4.95. The number of benzene rings is 2. The second kappa shape index (κ2) is 6.07. The van der Waals surface area contributed by atoms with Crippen LogP contribution < -0.4 is 5.32 Å². The molecule has 0 atom stereocenters. The van der Waals surface area contributed by atoms with Gasteiger partial charge in [-0.2, -0.15) is 0 Å². The fourth-order valence-electron chi connectivity index (χ4n) is 1.67. The first kappa shape index (κ1) is 15.8. The molecule has 0 aromatic heterocycles. The quantitative estimate of drug-likeness (QED) is 0.844. The highest BCUT2D eigenvalue weighted by Gasteiger charge is 2.19. The number of halogens is 4. The van der Waals surface area contributed by atoms with E-state index in [0.29, 0.717) is 6.07 Å². The van der Waals surface area contributed by atoms with Crippen molar-refractivity contribution < 1.29 is 27.9 Å². The number of nitrogens with one attached hydrogen (secondary N) is 1. The molecule has 2 aromatic rings. The molecule has 0 heterocycles. The first-order chi connectivity index (χ1) is 10.3. The van der Waals surface area contributed by atoms with Crippen LogP contribution in [0.15, 0.2) is 30.3 Å². The van der Waals surface area contributed by atoms with Crippen LogP contribution in [0.1, 0.15) is 20.7 Å². The van der Waals surface area contributed by atoms with Gasteiger partial charge in [0.1, 0.15) is 0 Å². The molecule has 0 aliphatic heterocycles. The van der Waals surface area contributed by atoms with Gasteiger partial charge in [0.05, 0.1) is 16.1 Å². The first-order valence-electron chi connectivity index (χ1n) is 5.79. The topological polar surface area (TPSA) is 66.4 Å². The van der Waals surface area contributed by atoms with E-state index < -0.39 is 34.9 Å². The van der Waals surface area contributed by atoms with Crippen LogP contribution in [0.4, 0.5) is 18.9 Å². The Bertz CT molecular complexity index is 780. The molecule has 1 amide bonds. The Balaban J connectivity index is 2.32. The third-order valence-electron chi connectivity index (χ3n) is 2.73. The average Bonchev–Trinajstić information content (AvgIpc) is 2.46. The molecule has 2 aromatic carbocycles. The van der Waals surface area contributed by atoms with Crippen molar-refractivity contribution in [3.05, 3.63) is 63.9 Å². The van der Waals surface area contributed by atoms with E-state index in [1.54, 1.807) is 0 Å². The van der Waals surface area contributed by atoms with Gasteiger partial charge < -0.3 is 10.4 Å². The molecular formula is C14H7ClF3NO3. The summed E-state index contributed by atoms with van der Waals surface area (Å²) in [6.45, 7) is 0. The van der Waals surface area contributed by atoms with E-state index in [4.69, 9.17) is 16.7 Å². The minimum atomic E-state index is -1.77. The number of carboxylic acids is 1. The Hall–Kier alpha value is -2.54. The lowest BCUT2D eigenvalue weighted by molar-refractivity contribution is 0.0696. The molecular weight excluding hydrogens is 323 g/mol. The number of carboxylic acid groups (broad SMARTS) is 1. The van der Waals surface area contributed by atoms with Gasteiger partial charge in [-0.3, -0.25) is 4.79 Å². The van der Waals surface area contributed by atoms with E-state index in [1.165, 1.54) is 12.1 Å². The third-order valence-corrected chi connectivity index (χ3v) is 3.06. The normalized spacial score (nSPS) is 10.4. The molecule has 0 saturated heterocycles. The Morgan fingerprint density at radius 2 is 1.68 bits per heavy atom. The third kappa shape index (κ3) is 3.04. The van der Waals surface area contributed by atoms with E-state index in [2.05, 4.69) is 5.32 Å². The largest absolute Gasteiger partial charge is 0.478 e. The van der Waals surface area contributed by atoms with Crippen LogP contribution in [-0.2, 0) is 0 Å². The predicted molar refractivity (Wildman–Crippen MR) is 72.7 cm³/mol. The Kier molecular flexibility index (Phi) is 4.37. The monoisotopic (exact) mass is 329 g/mol. The summed E-state index contributed by atoms with van der Waals surface area (Å²) in [4.78, 5) is 22.8. The molecule has 0 unspecified atom stereocenters. The van der Waals surface area contributed by atoms with Gasteiger partial charge in [0.2, 0.25) is 0 Å². The lowest BCUT2D eigenvalue weighted by Gasteiger charge is -2.08. The van der Waals surface area contributed by atoms with Crippen molar-refractivity contribution in [1.82, 2.24) is 0 Å². The van der Waals surface area contributed by atoms with Gasteiger partial charge in [-0.15, -0.1) is 0 Å². The van der Waals surface area contributed by atoms with Crippen molar-refractivity contribution in [2.24, 2.45) is 0 Å². The zero-order valence-electron chi connectivity index (χ0n) is 10.7. The van der Waals surface area contributed by atoms with E-state index in [-0.39, 0.29) is 16.3 Å². The number of carbonyl (C=O) groups excluding carboxylic acids is 1. The minimum Gasteiger partial charge on any atom is -0.478 e. The molecule has 4 nitrogen and oxygen atoms in total. The minimum absolute atomic E-state index is 0.0101. The van der Waals surface area contributed by atoms with Crippen LogP contribution in [0, 0.1) is 17.5 Å². The zero-order chi connectivity index (χ0) is 16.4. The smallest absolute Gasteiger partial charge is 0.337 e. The first-order valence-corrected chi connectivity index (χ1v) is 6.16. The molecule has 0 fully saturated rings. The Morgan fingerprint density at radius 1 is 1.00 bits per heavy atom. The molecule has 0 bridgehead atoms. The van der Waals surface area contributed by atoms with E-state index in [0.717, 1.165) is 12.1 Å². The number of carbonyl (C=O) groups is 2. The highest BCUT2D eigenvalue weighted by molar-refractivity contribution is 6.33. The molecule has 2 rings (SSSR count). The second-order valence-electron chi connectivity index (χ2n) is 4.18. The van der Waals surface area contributed by atoms with Gasteiger partial charge in [0.25, 0.3) is 5.91 Å². The van der Waals surface area contributed by atoms with Gasteiger partial charge in [-0.25, -0.2) is 18.0 Å². The summed E-state index contributed by atoms with van der Waals surface area (Å²) < 4.78 is 39.4. The van der Waals surface area contributed by atoms with Crippen molar-refractivity contribution in [1.29, 1.82) is 0 Å². The summed E-state index contributed by atoms with van der Waals surface area (Å²) in [7, 11) is 0. The van der Waals surface area contributed by atoms with Gasteiger partial charge in [-0.05, 0) is 30.3 Å². The molecule has 0 aliphatic carbocycles. The lowest BCUT2D eigenvalue weighted by Crippen LogP contribution is -2.15. The standard InChI is InChI=1S/C14H7ClF3NO3/c15-9-3-1-6(5-8(9)14(21)22)19-13(20)7-2-4-10(16)12(18)11(7)17/h1-5H,(H,19,20)(H,21,22). The SMILES string of the molecule is O=C(O)c1cc(NC(=O)c2ccc(F)c(F)c2F)ccc1Cl. The number of hydrogen-bond acceptors (Lipinski definition) is 2. The predicted octanol–water partition coefficient (Wildman–Crippen LogP) is 3.71. The number of aromatic carboxylic acids is 1. The van der Waals surface area contributed by atoms with Crippen LogP contribution in [0.25, 0.3) is 0 Å². The maximum absolute atomic E-state index is 13.5. The maximum Gasteiger partial charge on any atom is 0.337 e. The second-order valence-corrected chi connectivity index (χ2v) is 4.58. The fourth-order valence-corrected chi connectivity index (χ4v) is 1.86. The van der Waals surface area contributed by atoms with Crippen molar-refractivity contribution in [3.8, 4) is 0 Å². The van der Waals surface area contributed by atoms with Crippen molar-refractivity contribution in [3.63, 3.8) is 0 Å². The van der Waals surface area contributed by atoms with E-state index in [9.17, 15) is 22.8 Å². The average molecular weight is 330 g/mol. The van der Waals surface area contributed by atoms with Crippen molar-refractivity contribution in [2.75, 3.05) is 5.32 Å². The molecule has 0 aliphatic rings. The van der Waals surface area contributed by atoms with Gasteiger partial charge in [0.15, 0.2) is 17.5 Å². The number of amides is 1. The lowest BCUT2D eigenvalue weighted by atomic mass is 10.1. The van der Waals surface area contributed by atoms with Crippen LogP contribution >= 0.6 is 11.6 Å². The summed E-state index contributed by atoms with van der Waals surface area (Å²) in [6.07, 6.45) is 0. The molecule has 8 heteroatoms. The van der Waals surface area contributed by atoms with Gasteiger partial charge in [-0.1, -0.05) is 11.6 Å². The van der Waals surface area contributed by atoms with Gasteiger partial charge in [0, 0.05) is 5.69 Å². The number of anilines is 1. The highest BCUT2D eigenvalue weighted by Crippen LogP contribution is 2.22. The molecule has 114 valence electrons. The summed E-state index contributed by atoms with van der Waals surface area (Å²) >= 11 is 5.66. The number of rotatable bonds is 3. The van der Waals surface area contributed by atoms with E-state index >= 15 is 0 Å². The van der Waals surface area contributed by atoms with Crippen molar-refractivity contribution in [2.45, 2.75) is 0 Å². The summed E-state index contributed by atoms with van der Waals surface area (Å²) in [5.41, 5.74) is -0.980. The summed E-state index contributed by atoms with van der Waals surface area (Å²) in [5, 5.41) is 11.0. The fraction of sp³-hybridized carbons (Fsp3) is 0. The van der Waals surface area contributed by atoms with Gasteiger partial charge >= 0.3 is 5.97 Å². The molecule has 2 N–H and O–H groups in total. The Labute approximate surface area is 127 Å². The van der Waals surface area contributed by atoms with Crippen molar-refractivity contribution >= 4 is 29.2 Å².